The van der Waals surface area contributed by atoms with E-state index in [0.29, 0.717) is 19.8 Å². The van der Waals surface area contributed by atoms with Gasteiger partial charge in [-0.1, -0.05) is 13.0 Å². The van der Waals surface area contributed by atoms with Gasteiger partial charge >= 0.3 is 0 Å². The van der Waals surface area contributed by atoms with Gasteiger partial charge in [-0.05, 0) is 24.1 Å². The molecule has 0 aliphatic carbocycles. The molecule has 0 saturated carbocycles. The monoisotopic (exact) mass is 344 g/mol. The molecule has 2 aliphatic rings. The van der Waals surface area contributed by atoms with Crippen LogP contribution in [0.1, 0.15) is 36.7 Å². The second-order valence-electron chi connectivity index (χ2n) is 6.46. The summed E-state index contributed by atoms with van der Waals surface area (Å²) in [5.74, 6) is 3.37. The predicted octanol–water partition coefficient (Wildman–Crippen LogP) is 2.10. The summed E-state index contributed by atoms with van der Waals surface area (Å²) in [5.41, 5.74) is 1.21. The van der Waals surface area contributed by atoms with Gasteiger partial charge in [-0.2, -0.15) is 5.10 Å². The third-order valence-electron chi connectivity index (χ3n) is 4.49. The van der Waals surface area contributed by atoms with E-state index in [1.54, 1.807) is 0 Å². The maximum atomic E-state index is 5.88. The molecule has 7 nitrogen and oxygen atoms in total. The second-order valence-corrected chi connectivity index (χ2v) is 6.46. The molecule has 3 heterocycles. The number of aromatic nitrogens is 3. The van der Waals surface area contributed by atoms with Crippen molar-refractivity contribution in [1.82, 2.24) is 20.1 Å². The Balaban J connectivity index is 1.41. The van der Waals surface area contributed by atoms with Crippen LogP contribution in [0.25, 0.3) is 0 Å². The zero-order valence-corrected chi connectivity index (χ0v) is 14.5. The average Bonchev–Trinajstić information content (AvgIpc) is 3.11. The summed E-state index contributed by atoms with van der Waals surface area (Å²) in [4.78, 5) is 6.94. The SMILES string of the molecule is CCCc1nc([C@@H]2CN(Cc3ccc4c(c3)OCCO4)CCO2)n[nH]1. The lowest BCUT2D eigenvalue weighted by molar-refractivity contribution is -0.0371. The molecular formula is C18H24N4O3. The number of rotatable bonds is 5. The number of hydrogen-bond acceptors (Lipinski definition) is 6. The van der Waals surface area contributed by atoms with Gasteiger partial charge in [0.15, 0.2) is 17.3 Å². The maximum absolute atomic E-state index is 5.88. The van der Waals surface area contributed by atoms with Crippen LogP contribution in [-0.2, 0) is 17.7 Å². The molecular weight excluding hydrogens is 320 g/mol. The number of nitrogens with zero attached hydrogens (tertiary/aromatic N) is 3. The molecule has 4 rings (SSSR count). The fourth-order valence-corrected chi connectivity index (χ4v) is 3.25. The lowest BCUT2D eigenvalue weighted by Crippen LogP contribution is -2.38. The highest BCUT2D eigenvalue weighted by atomic mass is 16.6. The van der Waals surface area contributed by atoms with Crippen LogP contribution >= 0.6 is 0 Å². The van der Waals surface area contributed by atoms with E-state index >= 15 is 0 Å². The molecule has 2 aromatic rings. The number of fused-ring (bicyclic) bond motifs is 1. The molecule has 0 unspecified atom stereocenters. The van der Waals surface area contributed by atoms with Gasteiger partial charge in [0.05, 0.1) is 6.61 Å². The lowest BCUT2D eigenvalue weighted by atomic mass is 10.1. The standard InChI is InChI=1S/C18H24N4O3/c1-2-3-17-19-18(21-20-17)16-12-22(6-7-23-16)11-13-4-5-14-15(10-13)25-9-8-24-14/h4-5,10,16H,2-3,6-9,11-12H2,1H3,(H,19,20,21)/t16-/m0/s1. The van der Waals surface area contributed by atoms with E-state index < -0.39 is 0 Å². The molecule has 0 bridgehead atoms. The molecule has 0 amide bonds. The number of aryl methyl sites for hydroxylation is 1. The highest BCUT2D eigenvalue weighted by Crippen LogP contribution is 2.31. The van der Waals surface area contributed by atoms with E-state index in [2.05, 4.69) is 39.1 Å². The molecule has 1 aromatic heterocycles. The lowest BCUT2D eigenvalue weighted by Gasteiger charge is -2.31. The Morgan fingerprint density at radius 2 is 2.08 bits per heavy atom. The fraction of sp³-hybridized carbons (Fsp3) is 0.556. The van der Waals surface area contributed by atoms with Crippen molar-refractivity contribution in [2.24, 2.45) is 0 Å². The Morgan fingerprint density at radius 3 is 2.96 bits per heavy atom. The highest BCUT2D eigenvalue weighted by molar-refractivity contribution is 5.43. The van der Waals surface area contributed by atoms with E-state index in [9.17, 15) is 0 Å². The first-order valence-corrected chi connectivity index (χ1v) is 8.95. The van der Waals surface area contributed by atoms with Crippen molar-refractivity contribution < 1.29 is 14.2 Å². The van der Waals surface area contributed by atoms with Crippen LogP contribution < -0.4 is 9.47 Å². The fourth-order valence-electron chi connectivity index (χ4n) is 3.25. The molecule has 0 spiro atoms. The van der Waals surface area contributed by atoms with Crippen molar-refractivity contribution >= 4 is 0 Å². The van der Waals surface area contributed by atoms with E-state index in [-0.39, 0.29) is 6.10 Å². The zero-order valence-electron chi connectivity index (χ0n) is 14.5. The quantitative estimate of drug-likeness (QED) is 0.896. The number of hydrogen-bond donors (Lipinski definition) is 1. The highest BCUT2D eigenvalue weighted by Gasteiger charge is 2.25. The van der Waals surface area contributed by atoms with Gasteiger partial charge in [-0.25, -0.2) is 4.98 Å². The molecule has 25 heavy (non-hydrogen) atoms. The Labute approximate surface area is 147 Å². The normalized spacial score (nSPS) is 20.6. The minimum Gasteiger partial charge on any atom is -0.486 e. The topological polar surface area (TPSA) is 72.5 Å². The molecule has 2 aliphatic heterocycles. The molecule has 1 aromatic carbocycles. The minimum absolute atomic E-state index is 0.0761. The van der Waals surface area contributed by atoms with Crippen LogP contribution in [0.3, 0.4) is 0 Å². The first kappa shape index (κ1) is 16.4. The van der Waals surface area contributed by atoms with Gasteiger partial charge in [0.2, 0.25) is 0 Å². The van der Waals surface area contributed by atoms with E-state index in [1.165, 1.54) is 5.56 Å². The van der Waals surface area contributed by atoms with Crippen molar-refractivity contribution in [3.63, 3.8) is 0 Å². The predicted molar refractivity (Wildman–Crippen MR) is 91.8 cm³/mol. The molecule has 0 radical (unpaired) electrons. The molecule has 7 heteroatoms. The van der Waals surface area contributed by atoms with Crippen molar-refractivity contribution in [3.8, 4) is 11.5 Å². The van der Waals surface area contributed by atoms with Crippen LogP contribution in [0.5, 0.6) is 11.5 Å². The van der Waals surface area contributed by atoms with Crippen LogP contribution in [0.2, 0.25) is 0 Å². The first-order chi connectivity index (χ1) is 12.3. The van der Waals surface area contributed by atoms with Gasteiger partial charge < -0.3 is 14.2 Å². The number of benzene rings is 1. The van der Waals surface area contributed by atoms with Crippen LogP contribution in [0, 0.1) is 0 Å². The third kappa shape index (κ3) is 3.77. The molecule has 134 valence electrons. The summed E-state index contributed by atoms with van der Waals surface area (Å²) in [6.45, 7) is 6.59. The van der Waals surface area contributed by atoms with Crippen LogP contribution in [0.4, 0.5) is 0 Å². The van der Waals surface area contributed by atoms with Crippen molar-refractivity contribution in [1.29, 1.82) is 0 Å². The zero-order chi connectivity index (χ0) is 17.1. The van der Waals surface area contributed by atoms with Gasteiger partial charge in [0, 0.05) is 26.1 Å². The molecule has 1 atom stereocenters. The summed E-state index contributed by atoms with van der Waals surface area (Å²) in [5, 5.41) is 7.35. The van der Waals surface area contributed by atoms with Crippen molar-refractivity contribution in [2.75, 3.05) is 32.9 Å². The van der Waals surface area contributed by atoms with Crippen molar-refractivity contribution in [2.45, 2.75) is 32.4 Å². The maximum Gasteiger partial charge on any atom is 0.180 e. The third-order valence-corrected chi connectivity index (χ3v) is 4.49. The number of ether oxygens (including phenoxy) is 3. The van der Waals surface area contributed by atoms with E-state index in [1.807, 2.05) is 6.07 Å². The largest absolute Gasteiger partial charge is 0.486 e. The summed E-state index contributed by atoms with van der Waals surface area (Å²) in [6.07, 6.45) is 1.89. The molecule has 1 fully saturated rings. The van der Waals surface area contributed by atoms with E-state index in [4.69, 9.17) is 14.2 Å². The Bertz CT molecular complexity index is 718. The summed E-state index contributed by atoms with van der Waals surface area (Å²) >= 11 is 0. The number of morpholine rings is 1. The Hall–Kier alpha value is -2.12. The molecule has 1 N–H and O–H groups in total. The number of aromatic amines is 1. The van der Waals surface area contributed by atoms with E-state index in [0.717, 1.165) is 55.6 Å². The van der Waals surface area contributed by atoms with Gasteiger partial charge in [0.25, 0.3) is 0 Å². The first-order valence-electron chi connectivity index (χ1n) is 8.95. The number of nitrogens with one attached hydrogen (secondary N) is 1. The van der Waals surface area contributed by atoms with Gasteiger partial charge in [0.1, 0.15) is 25.1 Å². The van der Waals surface area contributed by atoms with Gasteiger partial charge in [-0.3, -0.25) is 10.00 Å². The van der Waals surface area contributed by atoms with Crippen LogP contribution in [0.15, 0.2) is 18.2 Å². The van der Waals surface area contributed by atoms with Crippen LogP contribution in [-0.4, -0.2) is 53.0 Å². The smallest absolute Gasteiger partial charge is 0.180 e. The summed E-state index contributed by atoms with van der Waals surface area (Å²) in [7, 11) is 0. The minimum atomic E-state index is -0.0761. The van der Waals surface area contributed by atoms with Gasteiger partial charge in [-0.15, -0.1) is 0 Å². The Kier molecular flexibility index (Phi) is 4.85. The van der Waals surface area contributed by atoms with Crippen molar-refractivity contribution in [3.05, 3.63) is 35.4 Å². The second kappa shape index (κ2) is 7.41. The Morgan fingerprint density at radius 1 is 1.20 bits per heavy atom. The average molecular weight is 344 g/mol. The molecule has 1 saturated heterocycles. The summed E-state index contributed by atoms with van der Waals surface area (Å²) in [6, 6.07) is 6.17. The number of H-pyrrole nitrogens is 1. The summed E-state index contributed by atoms with van der Waals surface area (Å²) < 4.78 is 17.1.